The first-order valence-corrected chi connectivity index (χ1v) is 16.0. The van der Waals surface area contributed by atoms with E-state index in [4.69, 9.17) is 23.2 Å². The van der Waals surface area contributed by atoms with Crippen molar-refractivity contribution < 1.29 is 31.2 Å². The molecule has 0 unspecified atom stereocenters. The van der Waals surface area contributed by atoms with E-state index < -0.39 is 51.9 Å². The van der Waals surface area contributed by atoms with Gasteiger partial charge >= 0.3 is 6.18 Å². The van der Waals surface area contributed by atoms with E-state index in [1.807, 2.05) is 6.92 Å². The largest absolute Gasteiger partial charge is 0.416 e. The third kappa shape index (κ3) is 9.61. The Kier molecular flexibility index (Phi) is 11.9. The number of hydrogen-bond donors (Lipinski definition) is 1. The molecule has 0 saturated carbocycles. The Bertz CT molecular complexity index is 1520. The second-order valence-corrected chi connectivity index (χ2v) is 12.6. The Morgan fingerprint density at radius 3 is 2.21 bits per heavy atom. The van der Waals surface area contributed by atoms with E-state index in [1.54, 1.807) is 54.6 Å². The average Bonchev–Trinajstić information content (AvgIpc) is 2.94. The van der Waals surface area contributed by atoms with E-state index in [9.17, 15) is 31.2 Å². The van der Waals surface area contributed by atoms with Crippen molar-refractivity contribution in [2.75, 3.05) is 23.7 Å². The van der Waals surface area contributed by atoms with Crippen molar-refractivity contribution in [2.24, 2.45) is 0 Å². The number of nitrogens with one attached hydrogen (secondary N) is 1. The zero-order chi connectivity index (χ0) is 31.8. The zero-order valence-corrected chi connectivity index (χ0v) is 25.9. The lowest BCUT2D eigenvalue weighted by Crippen LogP contribution is -2.53. The first kappa shape index (κ1) is 34.2. The number of hydrogen-bond acceptors (Lipinski definition) is 4. The molecule has 1 N–H and O–H groups in total. The SMILES string of the molecule is CCCCNC(=O)[C@H](Cc1ccccc1)N(Cc1ccccc1Cl)C(=O)CN(c1cc(C(F)(F)F)ccc1Cl)S(C)(=O)=O. The number of unbranched alkanes of at least 4 members (excludes halogenated alkanes) is 1. The number of alkyl halides is 3. The van der Waals surface area contributed by atoms with Crippen LogP contribution in [-0.4, -0.2) is 50.5 Å². The van der Waals surface area contributed by atoms with Gasteiger partial charge in [0.2, 0.25) is 21.8 Å². The molecule has 3 rings (SSSR count). The Labute approximate surface area is 259 Å². The highest BCUT2D eigenvalue weighted by atomic mass is 35.5. The minimum Gasteiger partial charge on any atom is -0.354 e. The monoisotopic (exact) mass is 657 g/mol. The normalized spacial score (nSPS) is 12.4. The molecule has 0 aliphatic heterocycles. The van der Waals surface area contributed by atoms with Gasteiger partial charge in [-0.25, -0.2) is 8.42 Å². The van der Waals surface area contributed by atoms with E-state index in [0.29, 0.717) is 40.0 Å². The van der Waals surface area contributed by atoms with Gasteiger partial charge in [-0.3, -0.25) is 13.9 Å². The number of anilines is 1. The lowest BCUT2D eigenvalue weighted by molar-refractivity contribution is -0.140. The number of amides is 2. The van der Waals surface area contributed by atoms with Crippen molar-refractivity contribution >= 4 is 50.7 Å². The van der Waals surface area contributed by atoms with Crippen LogP contribution in [0.1, 0.15) is 36.5 Å². The third-order valence-corrected chi connectivity index (χ3v) is 8.44. The van der Waals surface area contributed by atoms with Crippen LogP contribution in [0.4, 0.5) is 18.9 Å². The Morgan fingerprint density at radius 1 is 0.953 bits per heavy atom. The van der Waals surface area contributed by atoms with Gasteiger partial charge in [0.1, 0.15) is 12.6 Å². The first-order chi connectivity index (χ1) is 20.2. The molecule has 0 heterocycles. The van der Waals surface area contributed by atoms with Gasteiger partial charge in [0.15, 0.2) is 0 Å². The molecule has 0 aliphatic carbocycles. The molecule has 0 aliphatic rings. The van der Waals surface area contributed by atoms with Crippen molar-refractivity contribution in [3.8, 4) is 0 Å². The fourth-order valence-corrected chi connectivity index (χ4v) is 5.66. The quantitative estimate of drug-likeness (QED) is 0.218. The Hall–Kier alpha value is -3.28. The summed E-state index contributed by atoms with van der Waals surface area (Å²) in [5.41, 5.74) is -0.439. The van der Waals surface area contributed by atoms with E-state index >= 15 is 0 Å². The van der Waals surface area contributed by atoms with Gasteiger partial charge in [0, 0.05) is 24.5 Å². The lowest BCUT2D eigenvalue weighted by atomic mass is 10.0. The standard InChI is InChI=1S/C30H32Cl2F3N3O4S/c1-3-4-16-36-29(40)27(17-21-10-6-5-7-11-21)37(19-22-12-8-9-13-24(22)31)28(39)20-38(43(2,41)42)26-18-23(30(33,34)35)14-15-25(26)32/h5-15,18,27H,3-4,16-17,19-20H2,1-2H3,(H,36,40)/t27-/m0/s1. The van der Waals surface area contributed by atoms with Crippen LogP contribution in [-0.2, 0) is 38.8 Å². The number of nitrogens with zero attached hydrogens (tertiary/aromatic N) is 2. The molecule has 0 spiro atoms. The number of carbonyl (C=O) groups excluding carboxylic acids is 2. The molecule has 232 valence electrons. The topological polar surface area (TPSA) is 86.8 Å². The highest BCUT2D eigenvalue weighted by Gasteiger charge is 2.36. The van der Waals surface area contributed by atoms with Crippen molar-refractivity contribution in [3.63, 3.8) is 0 Å². The van der Waals surface area contributed by atoms with E-state index in [-0.39, 0.29) is 18.0 Å². The number of benzene rings is 3. The van der Waals surface area contributed by atoms with Gasteiger partial charge in [0.05, 0.1) is 22.5 Å². The highest BCUT2D eigenvalue weighted by Crippen LogP contribution is 2.36. The van der Waals surface area contributed by atoms with E-state index in [1.165, 1.54) is 4.90 Å². The fraction of sp³-hybridized carbons (Fsp3) is 0.333. The summed E-state index contributed by atoms with van der Waals surface area (Å²) < 4.78 is 66.9. The van der Waals surface area contributed by atoms with Crippen molar-refractivity contribution in [1.82, 2.24) is 10.2 Å². The minimum absolute atomic E-state index is 0.0815. The second kappa shape index (κ2) is 14.9. The number of carbonyl (C=O) groups is 2. The summed E-state index contributed by atoms with van der Waals surface area (Å²) in [5.74, 6) is -1.31. The van der Waals surface area contributed by atoms with Gasteiger partial charge in [-0.15, -0.1) is 0 Å². The smallest absolute Gasteiger partial charge is 0.354 e. The summed E-state index contributed by atoms with van der Waals surface area (Å²) in [6.07, 6.45) is -2.45. The Balaban J connectivity index is 2.11. The molecule has 7 nitrogen and oxygen atoms in total. The van der Waals surface area contributed by atoms with E-state index in [0.717, 1.165) is 24.3 Å². The summed E-state index contributed by atoms with van der Waals surface area (Å²) in [4.78, 5) is 28.9. The fourth-order valence-electron chi connectivity index (χ4n) is 4.35. The van der Waals surface area contributed by atoms with Crippen LogP contribution in [0.25, 0.3) is 0 Å². The molecular formula is C30H32Cl2F3N3O4S. The molecule has 3 aromatic carbocycles. The molecule has 43 heavy (non-hydrogen) atoms. The molecule has 0 saturated heterocycles. The number of sulfonamides is 1. The molecule has 0 bridgehead atoms. The van der Waals surface area contributed by atoms with Crippen LogP contribution >= 0.6 is 23.2 Å². The number of halogens is 5. The van der Waals surface area contributed by atoms with Crippen LogP contribution < -0.4 is 9.62 Å². The maximum absolute atomic E-state index is 14.1. The Morgan fingerprint density at radius 2 is 1.60 bits per heavy atom. The summed E-state index contributed by atoms with van der Waals surface area (Å²) in [6, 6.07) is 16.7. The van der Waals surface area contributed by atoms with Crippen molar-refractivity contribution in [1.29, 1.82) is 0 Å². The van der Waals surface area contributed by atoms with Gasteiger partial charge < -0.3 is 10.2 Å². The lowest BCUT2D eigenvalue weighted by Gasteiger charge is -2.34. The zero-order valence-electron chi connectivity index (χ0n) is 23.6. The first-order valence-electron chi connectivity index (χ1n) is 13.4. The average molecular weight is 659 g/mol. The van der Waals surface area contributed by atoms with Gasteiger partial charge in [0.25, 0.3) is 0 Å². The highest BCUT2D eigenvalue weighted by molar-refractivity contribution is 7.92. The summed E-state index contributed by atoms with van der Waals surface area (Å²) in [7, 11) is -4.33. The molecule has 3 aromatic rings. The molecule has 13 heteroatoms. The molecule has 0 radical (unpaired) electrons. The van der Waals surface area contributed by atoms with Crippen LogP contribution in [0.15, 0.2) is 72.8 Å². The van der Waals surface area contributed by atoms with Crippen molar-refractivity contribution in [3.05, 3.63) is 99.5 Å². The van der Waals surface area contributed by atoms with E-state index in [2.05, 4.69) is 5.32 Å². The molecule has 2 amide bonds. The van der Waals surface area contributed by atoms with Gasteiger partial charge in [-0.2, -0.15) is 13.2 Å². The number of rotatable bonds is 13. The van der Waals surface area contributed by atoms with Crippen LogP contribution in [0.2, 0.25) is 10.0 Å². The molecule has 0 fully saturated rings. The van der Waals surface area contributed by atoms with Gasteiger partial charge in [-0.1, -0.05) is 85.1 Å². The maximum atomic E-state index is 14.1. The second-order valence-electron chi connectivity index (χ2n) is 9.90. The van der Waals surface area contributed by atoms with Crippen LogP contribution in [0.3, 0.4) is 0 Å². The minimum atomic E-state index is -4.79. The van der Waals surface area contributed by atoms with Gasteiger partial charge in [-0.05, 0) is 41.8 Å². The molecular weight excluding hydrogens is 626 g/mol. The van der Waals surface area contributed by atoms with Crippen LogP contribution in [0, 0.1) is 0 Å². The maximum Gasteiger partial charge on any atom is 0.416 e. The summed E-state index contributed by atoms with van der Waals surface area (Å²) in [5, 5.41) is 2.85. The molecule has 0 aromatic heterocycles. The predicted octanol–water partition coefficient (Wildman–Crippen LogP) is 6.33. The molecule has 1 atom stereocenters. The van der Waals surface area contributed by atoms with Crippen molar-refractivity contribution in [2.45, 2.75) is 44.9 Å². The van der Waals surface area contributed by atoms with Crippen LogP contribution in [0.5, 0.6) is 0 Å². The third-order valence-electron chi connectivity index (χ3n) is 6.62. The summed E-state index contributed by atoms with van der Waals surface area (Å²) in [6.45, 7) is 1.21. The predicted molar refractivity (Wildman–Crippen MR) is 162 cm³/mol. The summed E-state index contributed by atoms with van der Waals surface area (Å²) >= 11 is 12.6.